The number of para-hydroxylation sites is 1. The Bertz CT molecular complexity index is 1480. The number of benzene rings is 2. The molecular weight excluding hydrogens is 532 g/mol. The van der Waals surface area contributed by atoms with Gasteiger partial charge in [0.05, 0.1) is 6.04 Å². The van der Waals surface area contributed by atoms with E-state index >= 15 is 0 Å². The summed E-state index contributed by atoms with van der Waals surface area (Å²) in [7, 11) is 0. The normalized spacial score (nSPS) is 24.0. The molecule has 2 saturated carbocycles. The highest BCUT2D eigenvalue weighted by atomic mass is 16.2. The molecule has 9 heteroatoms. The molecule has 42 heavy (non-hydrogen) atoms. The molecule has 1 saturated heterocycles. The van der Waals surface area contributed by atoms with Gasteiger partial charge in [0.1, 0.15) is 17.5 Å². The van der Waals surface area contributed by atoms with Crippen molar-refractivity contribution in [2.75, 3.05) is 6.54 Å². The van der Waals surface area contributed by atoms with E-state index in [0.29, 0.717) is 25.1 Å². The molecule has 2 aromatic carbocycles. The van der Waals surface area contributed by atoms with Gasteiger partial charge in [0.2, 0.25) is 11.7 Å². The number of amides is 3. The van der Waals surface area contributed by atoms with Crippen LogP contribution in [0.25, 0.3) is 10.9 Å². The number of Topliss-reactive ketones (excluding diaryl/α,β-unsaturated/α-hetero) is 2. The van der Waals surface area contributed by atoms with E-state index in [9.17, 15) is 24.0 Å². The van der Waals surface area contributed by atoms with Gasteiger partial charge in [-0.1, -0.05) is 55.0 Å². The Morgan fingerprint density at radius 2 is 1.74 bits per heavy atom. The van der Waals surface area contributed by atoms with Crippen LogP contribution in [0.3, 0.4) is 0 Å². The van der Waals surface area contributed by atoms with Gasteiger partial charge < -0.3 is 20.5 Å². The molecule has 218 valence electrons. The van der Waals surface area contributed by atoms with E-state index in [1.165, 1.54) is 0 Å². The topological polar surface area (TPSA) is 128 Å². The molecule has 0 radical (unpaired) electrons. The second-order valence-corrected chi connectivity index (χ2v) is 11.9. The average Bonchev–Trinajstić information content (AvgIpc) is 3.79. The van der Waals surface area contributed by atoms with Crippen molar-refractivity contribution in [2.45, 2.75) is 63.6 Å². The van der Waals surface area contributed by atoms with Crippen molar-refractivity contribution in [1.29, 1.82) is 0 Å². The highest BCUT2D eigenvalue weighted by Gasteiger charge is 2.50. The van der Waals surface area contributed by atoms with Gasteiger partial charge in [0.15, 0.2) is 0 Å². The minimum absolute atomic E-state index is 0.0194. The predicted molar refractivity (Wildman–Crippen MR) is 156 cm³/mol. The summed E-state index contributed by atoms with van der Waals surface area (Å²) in [6, 6.07) is 16.8. The van der Waals surface area contributed by atoms with E-state index in [2.05, 4.69) is 15.6 Å². The molecule has 1 aromatic heterocycles. The van der Waals surface area contributed by atoms with Gasteiger partial charge in [-0.25, -0.2) is 0 Å². The number of ketones is 2. The van der Waals surface area contributed by atoms with E-state index in [4.69, 9.17) is 0 Å². The summed E-state index contributed by atoms with van der Waals surface area (Å²) in [5, 5.41) is 6.43. The van der Waals surface area contributed by atoms with Gasteiger partial charge in [0, 0.05) is 36.3 Å². The van der Waals surface area contributed by atoms with Gasteiger partial charge in [0.25, 0.3) is 11.8 Å². The molecule has 3 aromatic rings. The predicted octanol–water partition coefficient (Wildman–Crippen LogP) is 3.54. The molecule has 2 heterocycles. The first-order chi connectivity index (χ1) is 20.4. The fourth-order valence-electron chi connectivity index (χ4n) is 7.13. The molecule has 3 N–H and O–H groups in total. The Morgan fingerprint density at radius 3 is 2.50 bits per heavy atom. The average molecular weight is 569 g/mol. The summed E-state index contributed by atoms with van der Waals surface area (Å²) in [6.45, 7) is 0.641. The summed E-state index contributed by atoms with van der Waals surface area (Å²) in [5.74, 6) is -2.40. The number of aromatic nitrogens is 1. The number of aromatic amines is 1. The molecule has 5 atom stereocenters. The summed E-state index contributed by atoms with van der Waals surface area (Å²) < 4.78 is 0. The standard InChI is InChI=1S/C33H36N4O5/c38-28-15-7-11-22(28)17-26(30(39)32(41)34-18-20-8-2-1-3-9-20)36-31(40)29-24-13-6-12-23(24)19-37(29)33(42)27-16-21-10-4-5-14-25(21)35-27/h1-5,8-10,14,16,22-24,26,29,35H,6-7,11-13,15,17-19H2,(H,34,41)(H,36,40)/t22-,23-,24-,26?,29-/m0/s1. The van der Waals surface area contributed by atoms with Crippen molar-refractivity contribution in [3.63, 3.8) is 0 Å². The van der Waals surface area contributed by atoms with Crippen molar-refractivity contribution < 1.29 is 24.0 Å². The molecule has 2 aliphatic carbocycles. The first-order valence-electron chi connectivity index (χ1n) is 15.0. The lowest BCUT2D eigenvalue weighted by molar-refractivity contribution is -0.141. The Hall–Kier alpha value is -4.27. The number of nitrogens with zero attached hydrogens (tertiary/aromatic N) is 1. The van der Waals surface area contributed by atoms with Crippen LogP contribution in [0.15, 0.2) is 60.7 Å². The van der Waals surface area contributed by atoms with Gasteiger partial charge in [-0.3, -0.25) is 24.0 Å². The van der Waals surface area contributed by atoms with Crippen molar-refractivity contribution in [3.05, 3.63) is 71.9 Å². The quantitative estimate of drug-likeness (QED) is 0.340. The molecule has 3 aliphatic rings. The van der Waals surface area contributed by atoms with E-state index < -0.39 is 29.7 Å². The number of hydrogen-bond acceptors (Lipinski definition) is 5. The Morgan fingerprint density at radius 1 is 0.952 bits per heavy atom. The van der Waals surface area contributed by atoms with Crippen LogP contribution in [0.4, 0.5) is 0 Å². The fourth-order valence-corrected chi connectivity index (χ4v) is 7.13. The van der Waals surface area contributed by atoms with E-state index in [1.54, 1.807) is 11.0 Å². The third-order valence-electron chi connectivity index (χ3n) is 9.28. The zero-order valence-corrected chi connectivity index (χ0v) is 23.5. The molecular formula is C33H36N4O5. The first-order valence-corrected chi connectivity index (χ1v) is 15.0. The molecule has 6 rings (SSSR count). The lowest BCUT2D eigenvalue weighted by atomic mass is 9.91. The van der Waals surface area contributed by atoms with Crippen molar-refractivity contribution in [1.82, 2.24) is 20.5 Å². The number of rotatable bonds is 9. The van der Waals surface area contributed by atoms with Crippen LogP contribution < -0.4 is 10.6 Å². The second-order valence-electron chi connectivity index (χ2n) is 11.9. The van der Waals surface area contributed by atoms with Gasteiger partial charge >= 0.3 is 0 Å². The summed E-state index contributed by atoms with van der Waals surface area (Å²) >= 11 is 0. The maximum absolute atomic E-state index is 14.0. The Labute approximate surface area is 244 Å². The number of carbonyl (C=O) groups excluding carboxylic acids is 5. The number of hydrogen-bond donors (Lipinski definition) is 3. The van der Waals surface area contributed by atoms with Gasteiger partial charge in [-0.15, -0.1) is 0 Å². The van der Waals surface area contributed by atoms with Gasteiger partial charge in [-0.2, -0.15) is 0 Å². The summed E-state index contributed by atoms with van der Waals surface area (Å²) in [5.41, 5.74) is 2.10. The third-order valence-corrected chi connectivity index (χ3v) is 9.28. The highest BCUT2D eigenvalue weighted by molar-refractivity contribution is 6.38. The van der Waals surface area contributed by atoms with E-state index in [-0.39, 0.29) is 42.4 Å². The zero-order valence-electron chi connectivity index (χ0n) is 23.5. The van der Waals surface area contributed by atoms with Crippen molar-refractivity contribution in [3.8, 4) is 0 Å². The van der Waals surface area contributed by atoms with Crippen LogP contribution in [0, 0.1) is 17.8 Å². The molecule has 0 bridgehead atoms. The Balaban J connectivity index is 1.22. The van der Waals surface area contributed by atoms with E-state index in [0.717, 1.165) is 42.1 Å². The maximum Gasteiger partial charge on any atom is 0.289 e. The van der Waals surface area contributed by atoms with Crippen LogP contribution >= 0.6 is 0 Å². The monoisotopic (exact) mass is 568 g/mol. The van der Waals surface area contributed by atoms with Crippen LogP contribution in [0.2, 0.25) is 0 Å². The van der Waals surface area contributed by atoms with Crippen LogP contribution in [-0.4, -0.2) is 57.8 Å². The zero-order chi connectivity index (χ0) is 29.2. The molecule has 1 unspecified atom stereocenters. The highest BCUT2D eigenvalue weighted by Crippen LogP contribution is 2.43. The summed E-state index contributed by atoms with van der Waals surface area (Å²) in [6.07, 6.45) is 4.62. The largest absolute Gasteiger partial charge is 0.351 e. The maximum atomic E-state index is 14.0. The van der Waals surface area contributed by atoms with E-state index in [1.807, 2.05) is 54.6 Å². The van der Waals surface area contributed by atoms with Crippen molar-refractivity contribution in [2.24, 2.45) is 17.8 Å². The third kappa shape index (κ3) is 5.60. The Kier molecular flexibility index (Phi) is 7.91. The fraction of sp³-hybridized carbons (Fsp3) is 0.424. The molecule has 9 nitrogen and oxygen atoms in total. The summed E-state index contributed by atoms with van der Waals surface area (Å²) in [4.78, 5) is 71.5. The number of likely N-dealkylation sites (tertiary alicyclic amines) is 1. The molecule has 1 aliphatic heterocycles. The smallest absolute Gasteiger partial charge is 0.289 e. The van der Waals surface area contributed by atoms with Gasteiger partial charge in [-0.05, 0) is 61.6 Å². The molecule has 0 spiro atoms. The molecule has 3 fully saturated rings. The lowest BCUT2D eigenvalue weighted by Gasteiger charge is -2.29. The van der Waals surface area contributed by atoms with Crippen LogP contribution in [0.1, 0.15) is 61.0 Å². The number of H-pyrrole nitrogens is 1. The van der Waals surface area contributed by atoms with Crippen LogP contribution in [-0.2, 0) is 25.7 Å². The second kappa shape index (κ2) is 11.9. The van der Waals surface area contributed by atoms with Crippen LogP contribution in [0.5, 0.6) is 0 Å². The molecule has 3 amide bonds. The SMILES string of the molecule is O=C(NCc1ccccc1)C(=O)C(C[C@@H]1CCCC1=O)NC(=O)[C@@H]1[C@H]2CCC[C@H]2CN1C(=O)c1cc2ccccc2[nH]1. The van der Waals surface area contributed by atoms with Crippen molar-refractivity contribution >= 4 is 40.2 Å². The number of carbonyl (C=O) groups is 5. The number of fused-ring (bicyclic) bond motifs is 2. The first kappa shape index (κ1) is 27.9. The number of nitrogens with one attached hydrogen (secondary N) is 3. The lowest BCUT2D eigenvalue weighted by Crippen LogP contribution is -2.55. The minimum Gasteiger partial charge on any atom is -0.351 e. The minimum atomic E-state index is -1.15.